The third-order valence-corrected chi connectivity index (χ3v) is 2.65. The Hall–Kier alpha value is -1.39. The van der Waals surface area contributed by atoms with Gasteiger partial charge in [-0.05, 0) is 18.6 Å². The average molecular weight is 205 g/mol. The van der Waals surface area contributed by atoms with E-state index in [1.807, 2.05) is 36.7 Å². The fourth-order valence-corrected chi connectivity index (χ4v) is 1.89. The summed E-state index contributed by atoms with van der Waals surface area (Å²) in [5.74, 6) is 0.627. The Kier molecular flexibility index (Phi) is 2.46. The second-order valence-corrected chi connectivity index (χ2v) is 3.72. The molecule has 0 saturated heterocycles. The number of rotatable bonds is 2. The van der Waals surface area contributed by atoms with Crippen LogP contribution in [0.2, 0.25) is 0 Å². The van der Waals surface area contributed by atoms with Crippen molar-refractivity contribution >= 4 is 11.0 Å². The van der Waals surface area contributed by atoms with E-state index in [4.69, 9.17) is 5.73 Å². The van der Waals surface area contributed by atoms with Crippen molar-refractivity contribution in [2.24, 2.45) is 12.8 Å². The van der Waals surface area contributed by atoms with Crippen molar-refractivity contribution in [2.75, 3.05) is 6.54 Å². The highest BCUT2D eigenvalue weighted by molar-refractivity contribution is 5.79. The van der Waals surface area contributed by atoms with Crippen LogP contribution < -0.4 is 5.73 Å². The second-order valence-electron chi connectivity index (χ2n) is 3.72. The van der Waals surface area contributed by atoms with Crippen LogP contribution in [-0.2, 0) is 7.05 Å². The number of hydrogen-bond acceptors (Lipinski definition) is 3. The minimum absolute atomic E-state index is 0.191. The number of imidazole rings is 1. The highest BCUT2D eigenvalue weighted by Crippen LogP contribution is 2.21. The smallest absolute Gasteiger partial charge is 0.139 e. The van der Waals surface area contributed by atoms with Gasteiger partial charge in [-0.15, -0.1) is 0 Å². The SMILES string of the molecule is Cc1cccc2nc(C(O)CN)n(C)c12. The molecule has 0 spiro atoms. The zero-order valence-electron chi connectivity index (χ0n) is 8.94. The fourth-order valence-electron chi connectivity index (χ4n) is 1.89. The first kappa shape index (κ1) is 10.1. The predicted molar refractivity (Wildman–Crippen MR) is 59.5 cm³/mol. The third kappa shape index (κ3) is 1.52. The number of nitrogens with zero attached hydrogens (tertiary/aromatic N) is 2. The Labute approximate surface area is 88.3 Å². The van der Waals surface area contributed by atoms with Crippen LogP contribution in [0.4, 0.5) is 0 Å². The minimum atomic E-state index is -0.693. The lowest BCUT2D eigenvalue weighted by molar-refractivity contribution is 0.174. The summed E-state index contributed by atoms with van der Waals surface area (Å²) >= 11 is 0. The Bertz CT molecular complexity index is 490. The van der Waals surface area contributed by atoms with Crippen molar-refractivity contribution in [3.05, 3.63) is 29.6 Å². The van der Waals surface area contributed by atoms with E-state index in [0.29, 0.717) is 5.82 Å². The normalized spacial score (nSPS) is 13.3. The molecular weight excluding hydrogens is 190 g/mol. The van der Waals surface area contributed by atoms with Crippen molar-refractivity contribution in [3.63, 3.8) is 0 Å². The van der Waals surface area contributed by atoms with E-state index >= 15 is 0 Å². The number of benzene rings is 1. The first-order valence-corrected chi connectivity index (χ1v) is 4.95. The van der Waals surface area contributed by atoms with Crippen LogP contribution in [0.1, 0.15) is 17.5 Å². The minimum Gasteiger partial charge on any atom is -0.384 e. The second kappa shape index (κ2) is 3.64. The zero-order valence-corrected chi connectivity index (χ0v) is 8.94. The number of aromatic nitrogens is 2. The molecule has 1 heterocycles. The lowest BCUT2D eigenvalue weighted by Gasteiger charge is -2.07. The molecule has 4 heteroatoms. The highest BCUT2D eigenvalue weighted by atomic mass is 16.3. The highest BCUT2D eigenvalue weighted by Gasteiger charge is 2.15. The Morgan fingerprint density at radius 1 is 1.53 bits per heavy atom. The number of aliphatic hydroxyl groups excluding tert-OH is 1. The molecule has 0 fully saturated rings. The number of fused-ring (bicyclic) bond motifs is 1. The molecule has 0 aliphatic carbocycles. The number of nitrogens with two attached hydrogens (primary N) is 1. The van der Waals surface area contributed by atoms with Gasteiger partial charge in [0.05, 0.1) is 11.0 Å². The molecule has 4 nitrogen and oxygen atoms in total. The van der Waals surface area contributed by atoms with Crippen molar-refractivity contribution in [1.82, 2.24) is 9.55 Å². The lowest BCUT2D eigenvalue weighted by atomic mass is 10.2. The third-order valence-electron chi connectivity index (χ3n) is 2.65. The van der Waals surface area contributed by atoms with Gasteiger partial charge in [0.2, 0.25) is 0 Å². The summed E-state index contributed by atoms with van der Waals surface area (Å²) in [4.78, 5) is 4.38. The van der Waals surface area contributed by atoms with Crippen molar-refractivity contribution in [1.29, 1.82) is 0 Å². The first-order valence-electron chi connectivity index (χ1n) is 4.95. The Morgan fingerprint density at radius 2 is 2.27 bits per heavy atom. The summed E-state index contributed by atoms with van der Waals surface area (Å²) in [5, 5.41) is 9.69. The summed E-state index contributed by atoms with van der Waals surface area (Å²) in [6.07, 6.45) is -0.693. The Balaban J connectivity index is 2.70. The van der Waals surface area contributed by atoms with Crippen molar-refractivity contribution in [2.45, 2.75) is 13.0 Å². The topological polar surface area (TPSA) is 64.1 Å². The van der Waals surface area contributed by atoms with E-state index in [1.165, 1.54) is 0 Å². The van der Waals surface area contributed by atoms with Crippen LogP contribution in [0.25, 0.3) is 11.0 Å². The summed E-state index contributed by atoms with van der Waals surface area (Å²) in [7, 11) is 1.90. The van der Waals surface area contributed by atoms with Gasteiger partial charge in [0.1, 0.15) is 11.9 Å². The van der Waals surface area contributed by atoms with Crippen LogP contribution in [0.15, 0.2) is 18.2 Å². The molecule has 15 heavy (non-hydrogen) atoms. The summed E-state index contributed by atoms with van der Waals surface area (Å²) < 4.78 is 1.90. The van der Waals surface area contributed by atoms with Crippen LogP contribution in [0.3, 0.4) is 0 Å². The molecule has 1 aromatic heterocycles. The van der Waals surface area contributed by atoms with Gasteiger partial charge in [0, 0.05) is 13.6 Å². The van der Waals surface area contributed by atoms with Crippen LogP contribution in [-0.4, -0.2) is 21.2 Å². The average Bonchev–Trinajstić information content (AvgIpc) is 2.56. The first-order chi connectivity index (χ1) is 7.15. The maximum absolute atomic E-state index is 9.69. The molecule has 0 amide bonds. The van der Waals surface area contributed by atoms with Gasteiger partial charge in [-0.2, -0.15) is 0 Å². The quantitative estimate of drug-likeness (QED) is 0.764. The van der Waals surface area contributed by atoms with Gasteiger partial charge in [0.15, 0.2) is 0 Å². The molecule has 0 bridgehead atoms. The van der Waals surface area contributed by atoms with E-state index in [-0.39, 0.29) is 6.54 Å². The molecule has 2 rings (SSSR count). The van der Waals surface area contributed by atoms with Gasteiger partial charge >= 0.3 is 0 Å². The van der Waals surface area contributed by atoms with Gasteiger partial charge in [-0.25, -0.2) is 4.98 Å². The Morgan fingerprint density at radius 3 is 2.87 bits per heavy atom. The molecule has 0 saturated carbocycles. The van der Waals surface area contributed by atoms with Crippen molar-refractivity contribution in [3.8, 4) is 0 Å². The lowest BCUT2D eigenvalue weighted by Crippen LogP contribution is -2.15. The molecule has 80 valence electrons. The zero-order chi connectivity index (χ0) is 11.0. The van der Waals surface area contributed by atoms with Gasteiger partial charge in [-0.3, -0.25) is 0 Å². The number of aryl methyl sites for hydroxylation is 2. The summed E-state index contributed by atoms with van der Waals surface area (Å²) in [6, 6.07) is 5.93. The van der Waals surface area contributed by atoms with E-state index in [2.05, 4.69) is 4.98 Å². The summed E-state index contributed by atoms with van der Waals surface area (Å²) in [5.41, 5.74) is 8.54. The molecule has 2 aromatic rings. The monoisotopic (exact) mass is 205 g/mol. The maximum Gasteiger partial charge on any atom is 0.139 e. The molecule has 3 N–H and O–H groups in total. The summed E-state index contributed by atoms with van der Waals surface area (Å²) in [6.45, 7) is 2.22. The van der Waals surface area contributed by atoms with Gasteiger partial charge in [-0.1, -0.05) is 12.1 Å². The fraction of sp³-hybridized carbons (Fsp3) is 0.364. The molecular formula is C11H15N3O. The van der Waals surface area contributed by atoms with Crippen molar-refractivity contribution < 1.29 is 5.11 Å². The predicted octanol–water partition coefficient (Wildman–Crippen LogP) is 0.874. The molecule has 0 radical (unpaired) electrons. The van der Waals surface area contributed by atoms with Crippen LogP contribution in [0, 0.1) is 6.92 Å². The molecule has 1 unspecified atom stereocenters. The molecule has 0 aliphatic heterocycles. The largest absolute Gasteiger partial charge is 0.384 e. The molecule has 1 aromatic carbocycles. The van der Waals surface area contributed by atoms with Crippen LogP contribution >= 0.6 is 0 Å². The van der Waals surface area contributed by atoms with E-state index < -0.39 is 6.10 Å². The molecule has 0 aliphatic rings. The standard InChI is InChI=1S/C11H15N3O/c1-7-4-3-5-8-10(7)14(2)11(13-8)9(15)6-12/h3-5,9,15H,6,12H2,1-2H3. The van der Waals surface area contributed by atoms with E-state index in [9.17, 15) is 5.11 Å². The van der Waals surface area contributed by atoms with Crippen LogP contribution in [0.5, 0.6) is 0 Å². The maximum atomic E-state index is 9.69. The number of hydrogen-bond donors (Lipinski definition) is 2. The number of para-hydroxylation sites is 1. The van der Waals surface area contributed by atoms with E-state index in [1.54, 1.807) is 0 Å². The number of aliphatic hydroxyl groups is 1. The van der Waals surface area contributed by atoms with Gasteiger partial charge < -0.3 is 15.4 Å². The van der Waals surface area contributed by atoms with E-state index in [0.717, 1.165) is 16.6 Å². The van der Waals surface area contributed by atoms with Gasteiger partial charge in [0.25, 0.3) is 0 Å². The molecule has 1 atom stereocenters.